The molecule has 0 radical (unpaired) electrons. The number of halogens is 1. The van der Waals surface area contributed by atoms with Gasteiger partial charge in [-0.3, -0.25) is 4.79 Å². The van der Waals surface area contributed by atoms with E-state index in [9.17, 15) is 17.6 Å². The fraction of sp³-hybridized carbons (Fsp3) is 0.433. The Morgan fingerprint density at radius 1 is 1.15 bits per heavy atom. The molecule has 3 heterocycles. The van der Waals surface area contributed by atoms with Crippen LogP contribution in [0.15, 0.2) is 53.6 Å². The molecule has 3 aromatic rings. The molecule has 0 aliphatic carbocycles. The number of carbonyl (C=O) groups excluding carboxylic acids is 1. The van der Waals surface area contributed by atoms with E-state index in [-0.39, 0.29) is 33.8 Å². The molecule has 1 unspecified atom stereocenters. The summed E-state index contributed by atoms with van der Waals surface area (Å²) in [5.74, 6) is -0.737. The van der Waals surface area contributed by atoms with Gasteiger partial charge in [0.2, 0.25) is 9.84 Å². The Hall–Kier alpha value is -3.53. The van der Waals surface area contributed by atoms with Gasteiger partial charge in [0, 0.05) is 24.2 Å². The average Bonchev–Trinajstić information content (AvgIpc) is 3.37. The van der Waals surface area contributed by atoms with Gasteiger partial charge in [-0.2, -0.15) is 0 Å². The maximum absolute atomic E-state index is 14.6. The van der Waals surface area contributed by atoms with Gasteiger partial charge in [0.15, 0.2) is 10.8 Å². The van der Waals surface area contributed by atoms with Gasteiger partial charge >= 0.3 is 0 Å². The van der Waals surface area contributed by atoms with Crippen molar-refractivity contribution in [2.24, 2.45) is 11.3 Å². The zero-order chi connectivity index (χ0) is 29.2. The lowest BCUT2D eigenvalue weighted by Gasteiger charge is -2.36. The molecule has 1 aliphatic rings. The normalized spacial score (nSPS) is 16.0. The third kappa shape index (κ3) is 6.78. The molecule has 0 spiro atoms. The lowest BCUT2D eigenvalue weighted by molar-refractivity contribution is 0.102. The van der Waals surface area contributed by atoms with Crippen molar-refractivity contribution in [3.8, 4) is 17.0 Å². The molecule has 214 valence electrons. The number of benzene rings is 1. The summed E-state index contributed by atoms with van der Waals surface area (Å²) < 4.78 is 46.5. The number of Topliss-reactive ketones (excluding diaryl/α,β-unsaturated/α-hetero) is 1. The Morgan fingerprint density at radius 3 is 2.58 bits per heavy atom. The maximum Gasteiger partial charge on any atom is 0.203 e. The van der Waals surface area contributed by atoms with Crippen LogP contribution in [0.1, 0.15) is 57.8 Å². The van der Waals surface area contributed by atoms with Gasteiger partial charge in [-0.15, -0.1) is 0 Å². The van der Waals surface area contributed by atoms with Gasteiger partial charge < -0.3 is 15.4 Å². The quantitative estimate of drug-likeness (QED) is 0.333. The first kappa shape index (κ1) is 29.5. The summed E-state index contributed by atoms with van der Waals surface area (Å²) in [6.45, 7) is 11.5. The summed E-state index contributed by atoms with van der Waals surface area (Å²) in [5.41, 5.74) is 6.71. The first-order valence-corrected chi connectivity index (χ1v) is 15.1. The number of anilines is 2. The number of aromatic nitrogens is 2. The molecule has 1 aromatic carbocycles. The molecule has 0 bridgehead atoms. The number of carbonyl (C=O) groups is 1. The Kier molecular flexibility index (Phi) is 8.49. The van der Waals surface area contributed by atoms with Crippen LogP contribution in [-0.2, 0) is 9.84 Å². The first-order chi connectivity index (χ1) is 18.7. The van der Waals surface area contributed by atoms with E-state index >= 15 is 0 Å². The molecule has 40 heavy (non-hydrogen) atoms. The summed E-state index contributed by atoms with van der Waals surface area (Å²) in [6, 6.07) is 12.0. The van der Waals surface area contributed by atoms with Crippen molar-refractivity contribution >= 4 is 27.3 Å². The third-order valence-electron chi connectivity index (χ3n) is 6.84. The van der Waals surface area contributed by atoms with Gasteiger partial charge in [0.05, 0.1) is 17.9 Å². The maximum atomic E-state index is 14.6. The summed E-state index contributed by atoms with van der Waals surface area (Å²) in [4.78, 5) is 24.4. The van der Waals surface area contributed by atoms with E-state index in [1.54, 1.807) is 18.2 Å². The van der Waals surface area contributed by atoms with Crippen molar-refractivity contribution in [1.82, 2.24) is 9.97 Å². The van der Waals surface area contributed by atoms with Crippen LogP contribution in [0.5, 0.6) is 5.75 Å². The molecule has 1 aliphatic heterocycles. The molecular weight excluding hydrogens is 531 g/mol. The highest BCUT2D eigenvalue weighted by Gasteiger charge is 2.37. The van der Waals surface area contributed by atoms with Crippen LogP contribution in [0.25, 0.3) is 11.3 Å². The lowest BCUT2D eigenvalue weighted by atomic mass is 9.85. The van der Waals surface area contributed by atoms with E-state index in [1.165, 1.54) is 30.3 Å². The Bertz CT molecular complexity index is 1500. The van der Waals surface area contributed by atoms with E-state index in [2.05, 4.69) is 30.7 Å². The second kappa shape index (κ2) is 11.5. The van der Waals surface area contributed by atoms with E-state index in [1.807, 2.05) is 13.8 Å². The summed E-state index contributed by atoms with van der Waals surface area (Å²) >= 11 is 0. The molecule has 10 heteroatoms. The van der Waals surface area contributed by atoms with Crippen LogP contribution in [0, 0.1) is 17.2 Å². The van der Waals surface area contributed by atoms with Crippen LogP contribution in [0.3, 0.4) is 0 Å². The van der Waals surface area contributed by atoms with Gasteiger partial charge in [-0.1, -0.05) is 40.7 Å². The fourth-order valence-electron chi connectivity index (χ4n) is 4.95. The van der Waals surface area contributed by atoms with E-state index in [0.717, 1.165) is 12.8 Å². The van der Waals surface area contributed by atoms with Gasteiger partial charge in [0.1, 0.15) is 29.0 Å². The monoisotopic (exact) mass is 568 g/mol. The minimum atomic E-state index is -4.05. The van der Waals surface area contributed by atoms with Crippen molar-refractivity contribution in [2.45, 2.75) is 58.5 Å². The second-order valence-corrected chi connectivity index (χ2v) is 13.7. The number of ketones is 1. The van der Waals surface area contributed by atoms with Crippen molar-refractivity contribution in [2.75, 3.05) is 29.5 Å². The average molecular weight is 569 g/mol. The van der Waals surface area contributed by atoms with E-state index < -0.39 is 27.2 Å². The minimum Gasteiger partial charge on any atom is -0.493 e. The number of hydrogen-bond acceptors (Lipinski definition) is 8. The first-order valence-electron chi connectivity index (χ1n) is 13.4. The van der Waals surface area contributed by atoms with Crippen LogP contribution < -0.4 is 15.4 Å². The highest BCUT2D eigenvalue weighted by atomic mass is 32.2. The molecule has 1 atom stereocenters. The summed E-state index contributed by atoms with van der Waals surface area (Å²) in [7, 11) is -4.05. The highest BCUT2D eigenvalue weighted by molar-refractivity contribution is 7.92. The number of pyridine rings is 2. The standard InChI is InChI=1S/C30H37FN4O4S/c1-19(2)17-39-22-15-20(14-21(31)16-22)24-12-11-23(29(33-24)35-13-7-8-26(35)30(3,4)5)25(36)18-40(37,38)28-10-6-9-27(32)34-28/h6,9-12,14-16,19,26H,7-8,13,17-18H2,1-5H3,(H2,32,34). The number of nitrogens with zero attached hydrogens (tertiary/aromatic N) is 3. The van der Waals surface area contributed by atoms with Crippen LogP contribution in [-0.4, -0.2) is 49.1 Å². The summed E-state index contributed by atoms with van der Waals surface area (Å²) in [6.07, 6.45) is 1.81. The number of nitrogen functional groups attached to an aromatic ring is 1. The van der Waals surface area contributed by atoms with Crippen LogP contribution in [0.4, 0.5) is 16.0 Å². The number of rotatable bonds is 9. The Labute approximate surface area is 235 Å². The van der Waals surface area contributed by atoms with Crippen LogP contribution in [0.2, 0.25) is 0 Å². The second-order valence-electron chi connectivity index (χ2n) is 11.7. The third-order valence-corrected chi connectivity index (χ3v) is 8.34. The SMILES string of the molecule is CC(C)COc1cc(F)cc(-c2ccc(C(=O)CS(=O)(=O)c3cccc(N)n3)c(N3CCCC3C(C)(C)C)n2)c1. The van der Waals surface area contributed by atoms with Crippen molar-refractivity contribution in [3.05, 3.63) is 59.9 Å². The molecule has 8 nitrogen and oxygen atoms in total. The van der Waals surface area contributed by atoms with Gasteiger partial charge in [0.25, 0.3) is 0 Å². The van der Waals surface area contributed by atoms with Crippen LogP contribution >= 0.6 is 0 Å². The molecule has 0 amide bonds. The highest BCUT2D eigenvalue weighted by Crippen LogP contribution is 2.38. The number of nitrogens with two attached hydrogens (primary N) is 1. The predicted octanol–water partition coefficient (Wildman–Crippen LogP) is 5.57. The summed E-state index contributed by atoms with van der Waals surface area (Å²) in [5, 5.41) is -0.255. The van der Waals surface area contributed by atoms with Crippen molar-refractivity contribution in [1.29, 1.82) is 0 Å². The van der Waals surface area contributed by atoms with Crippen molar-refractivity contribution < 1.29 is 22.3 Å². The Balaban J connectivity index is 1.77. The fourth-order valence-corrected chi connectivity index (χ4v) is 6.13. The van der Waals surface area contributed by atoms with E-state index in [0.29, 0.717) is 36.0 Å². The number of sulfone groups is 1. The van der Waals surface area contributed by atoms with Crippen molar-refractivity contribution in [3.63, 3.8) is 0 Å². The molecule has 1 fully saturated rings. The number of ether oxygens (including phenoxy) is 1. The molecule has 2 aromatic heterocycles. The van der Waals surface area contributed by atoms with Gasteiger partial charge in [-0.25, -0.2) is 22.8 Å². The lowest BCUT2D eigenvalue weighted by Crippen LogP contribution is -2.40. The minimum absolute atomic E-state index is 0.0529. The molecule has 4 rings (SSSR count). The smallest absolute Gasteiger partial charge is 0.203 e. The Morgan fingerprint density at radius 2 is 1.90 bits per heavy atom. The zero-order valence-corrected chi connectivity index (χ0v) is 24.5. The molecular formula is C30H37FN4O4S. The van der Waals surface area contributed by atoms with Gasteiger partial charge in [-0.05, 0) is 60.6 Å². The zero-order valence-electron chi connectivity index (χ0n) is 23.6. The number of hydrogen-bond donors (Lipinski definition) is 1. The molecule has 2 N–H and O–H groups in total. The van der Waals surface area contributed by atoms with E-state index in [4.69, 9.17) is 15.5 Å². The largest absolute Gasteiger partial charge is 0.493 e. The molecule has 1 saturated heterocycles. The topological polar surface area (TPSA) is 115 Å². The predicted molar refractivity (Wildman–Crippen MR) is 155 cm³/mol. The molecule has 0 saturated carbocycles.